The zero-order chi connectivity index (χ0) is 19.1. The highest BCUT2D eigenvalue weighted by Gasteiger charge is 2.26. The van der Waals surface area contributed by atoms with Gasteiger partial charge in [0.2, 0.25) is 5.82 Å². The summed E-state index contributed by atoms with van der Waals surface area (Å²) in [4.78, 5) is 22.7. The first-order valence-corrected chi connectivity index (χ1v) is 7.00. The minimum absolute atomic E-state index is 0.00787. The maximum absolute atomic E-state index is 13.4. The van der Waals surface area contributed by atoms with Crippen molar-refractivity contribution < 1.29 is 41.0 Å². The van der Waals surface area contributed by atoms with Crippen LogP contribution in [-0.4, -0.2) is 18.0 Å². The number of esters is 2. The van der Waals surface area contributed by atoms with Crippen LogP contribution in [0.5, 0.6) is 0 Å². The molecule has 0 radical (unpaired) electrons. The molecule has 4 nitrogen and oxygen atoms in total. The van der Waals surface area contributed by atoms with Crippen LogP contribution in [-0.2, 0) is 25.7 Å². The minimum atomic E-state index is -2.30. The van der Waals surface area contributed by atoms with Crippen LogP contribution in [0.4, 0.5) is 22.0 Å². The first kappa shape index (κ1) is 20.4. The lowest BCUT2D eigenvalue weighted by atomic mass is 10.2. The van der Waals surface area contributed by atoms with E-state index in [1.165, 1.54) is 6.92 Å². The zero-order valence-corrected chi connectivity index (χ0v) is 13.0. The molecule has 1 atom stereocenters. The predicted molar refractivity (Wildman–Crippen MR) is 74.3 cm³/mol. The number of ether oxygens (including phenoxy) is 2. The molecule has 1 unspecified atom stereocenters. The first-order valence-electron chi connectivity index (χ1n) is 7.00. The molecule has 1 rings (SSSR count). The molecule has 9 heteroatoms. The average molecular weight is 364 g/mol. The van der Waals surface area contributed by atoms with Crippen LogP contribution >= 0.6 is 0 Å². The van der Waals surface area contributed by atoms with Gasteiger partial charge in [0.15, 0.2) is 29.4 Å². The number of hydrogen-bond acceptors (Lipinski definition) is 4. The van der Waals surface area contributed by atoms with Crippen LogP contribution in [0.1, 0.15) is 31.7 Å². The minimum Gasteiger partial charge on any atom is -0.461 e. The van der Waals surface area contributed by atoms with Crippen molar-refractivity contribution in [2.45, 2.75) is 38.9 Å². The lowest BCUT2D eigenvalue weighted by molar-refractivity contribution is -0.147. The lowest BCUT2D eigenvalue weighted by Crippen LogP contribution is -2.14. The van der Waals surface area contributed by atoms with Gasteiger partial charge in [-0.1, -0.05) is 5.92 Å². The van der Waals surface area contributed by atoms with Crippen LogP contribution < -0.4 is 0 Å². The largest absolute Gasteiger partial charge is 0.461 e. The summed E-state index contributed by atoms with van der Waals surface area (Å²) in [7, 11) is 0. The molecular weight excluding hydrogens is 351 g/mol. The van der Waals surface area contributed by atoms with Crippen molar-refractivity contribution in [3.63, 3.8) is 0 Å². The zero-order valence-electron chi connectivity index (χ0n) is 13.0. The third-order valence-electron chi connectivity index (χ3n) is 2.98. The van der Waals surface area contributed by atoms with Gasteiger partial charge >= 0.3 is 11.9 Å². The lowest BCUT2D eigenvalue weighted by Gasteiger charge is -2.09. The summed E-state index contributed by atoms with van der Waals surface area (Å²) in [6.07, 6.45) is 3.78. The van der Waals surface area contributed by atoms with E-state index in [2.05, 4.69) is 10.7 Å². The second kappa shape index (κ2) is 9.01. The molecule has 1 aromatic carbocycles. The number of carbonyl (C=O) groups is 2. The van der Waals surface area contributed by atoms with Gasteiger partial charge in [-0.3, -0.25) is 9.59 Å². The van der Waals surface area contributed by atoms with E-state index in [0.29, 0.717) is 0 Å². The fourth-order valence-corrected chi connectivity index (χ4v) is 1.67. The van der Waals surface area contributed by atoms with Gasteiger partial charge in [0.25, 0.3) is 0 Å². The van der Waals surface area contributed by atoms with Crippen molar-refractivity contribution in [2.24, 2.45) is 0 Å². The first-order chi connectivity index (χ1) is 11.7. The van der Waals surface area contributed by atoms with Gasteiger partial charge < -0.3 is 9.47 Å². The van der Waals surface area contributed by atoms with Gasteiger partial charge in [-0.2, -0.15) is 0 Å². The molecule has 0 bridgehead atoms. The fourth-order valence-electron chi connectivity index (χ4n) is 1.67. The Morgan fingerprint density at radius 1 is 0.960 bits per heavy atom. The summed E-state index contributed by atoms with van der Waals surface area (Å²) in [5.74, 6) is -10.2. The van der Waals surface area contributed by atoms with Crippen molar-refractivity contribution in [1.29, 1.82) is 0 Å². The molecule has 0 saturated carbocycles. The highest BCUT2D eigenvalue weighted by molar-refractivity contribution is 5.72. The second-order valence-corrected chi connectivity index (χ2v) is 4.86. The Hall–Kier alpha value is -2.63. The summed E-state index contributed by atoms with van der Waals surface area (Å²) in [5.41, 5.74) is -1.26. The Kier molecular flexibility index (Phi) is 7.36. The van der Waals surface area contributed by atoms with Crippen molar-refractivity contribution >= 4 is 11.9 Å². The van der Waals surface area contributed by atoms with Crippen LogP contribution in [0, 0.1) is 41.4 Å². The molecule has 0 heterocycles. The number of rotatable bonds is 7. The number of halogens is 5. The van der Waals surface area contributed by atoms with E-state index < -0.39 is 59.3 Å². The highest BCUT2D eigenvalue weighted by Crippen LogP contribution is 2.23. The van der Waals surface area contributed by atoms with Gasteiger partial charge in [0.05, 0.1) is 5.56 Å². The Morgan fingerprint density at radius 2 is 1.44 bits per heavy atom. The molecule has 0 saturated heterocycles. The van der Waals surface area contributed by atoms with Crippen molar-refractivity contribution in [2.75, 3.05) is 0 Å². The van der Waals surface area contributed by atoms with E-state index in [0.717, 1.165) is 0 Å². The Bertz CT molecular complexity index is 682. The molecule has 0 N–H and O–H groups in total. The summed E-state index contributed by atoms with van der Waals surface area (Å²) >= 11 is 0. The summed E-state index contributed by atoms with van der Waals surface area (Å²) < 4.78 is 74.8. The summed E-state index contributed by atoms with van der Waals surface area (Å²) in [5, 5.41) is 0. The Balaban J connectivity index is 2.53. The van der Waals surface area contributed by atoms with Crippen molar-refractivity contribution in [3.8, 4) is 12.3 Å². The molecule has 0 aliphatic carbocycles. The SMILES string of the molecule is C#CC(C)OC(=O)CCCC(=O)OCc1c(F)c(F)c(F)c(F)c1F. The number of hydrogen-bond donors (Lipinski definition) is 0. The van der Waals surface area contributed by atoms with E-state index in [1.54, 1.807) is 0 Å². The second-order valence-electron chi connectivity index (χ2n) is 4.86. The van der Waals surface area contributed by atoms with Crippen LogP contribution in [0.2, 0.25) is 0 Å². The highest BCUT2D eigenvalue weighted by atomic mass is 19.2. The van der Waals surface area contributed by atoms with E-state index in [9.17, 15) is 31.5 Å². The number of carbonyl (C=O) groups excluding carboxylic acids is 2. The van der Waals surface area contributed by atoms with Gasteiger partial charge in [-0.25, -0.2) is 22.0 Å². The van der Waals surface area contributed by atoms with Gasteiger partial charge in [0.1, 0.15) is 6.61 Å². The maximum Gasteiger partial charge on any atom is 0.307 e. The molecule has 0 amide bonds. The average Bonchev–Trinajstić information content (AvgIpc) is 2.58. The molecule has 0 fully saturated rings. The molecule has 0 aliphatic heterocycles. The van der Waals surface area contributed by atoms with Crippen LogP contribution in [0.3, 0.4) is 0 Å². The smallest absolute Gasteiger partial charge is 0.307 e. The number of terminal acetylenes is 1. The Morgan fingerprint density at radius 3 is 1.96 bits per heavy atom. The molecular formula is C16H13F5O4. The molecule has 1 aromatic rings. The molecule has 0 aromatic heterocycles. The van der Waals surface area contributed by atoms with Crippen LogP contribution in [0.25, 0.3) is 0 Å². The molecule has 0 aliphatic rings. The van der Waals surface area contributed by atoms with E-state index in [1.807, 2.05) is 0 Å². The molecule has 136 valence electrons. The molecule has 0 spiro atoms. The third-order valence-corrected chi connectivity index (χ3v) is 2.98. The van der Waals surface area contributed by atoms with Gasteiger partial charge in [-0.15, -0.1) is 6.42 Å². The topological polar surface area (TPSA) is 52.6 Å². The third kappa shape index (κ3) is 5.45. The monoisotopic (exact) mass is 364 g/mol. The fraction of sp³-hybridized carbons (Fsp3) is 0.375. The maximum atomic E-state index is 13.4. The van der Waals surface area contributed by atoms with E-state index in [4.69, 9.17) is 11.2 Å². The van der Waals surface area contributed by atoms with Crippen molar-refractivity contribution in [3.05, 3.63) is 34.6 Å². The van der Waals surface area contributed by atoms with Crippen LogP contribution in [0.15, 0.2) is 0 Å². The predicted octanol–water partition coefficient (Wildman–Crippen LogP) is 3.16. The summed E-state index contributed by atoms with van der Waals surface area (Å²) in [6, 6.07) is 0. The van der Waals surface area contributed by atoms with Gasteiger partial charge in [-0.05, 0) is 13.3 Å². The van der Waals surface area contributed by atoms with Crippen molar-refractivity contribution in [1.82, 2.24) is 0 Å². The van der Waals surface area contributed by atoms with Gasteiger partial charge in [0, 0.05) is 12.8 Å². The van der Waals surface area contributed by atoms with E-state index >= 15 is 0 Å². The Labute approximate surface area is 139 Å². The number of benzene rings is 1. The van der Waals surface area contributed by atoms with E-state index in [-0.39, 0.29) is 19.3 Å². The normalized spacial score (nSPS) is 11.6. The summed E-state index contributed by atoms with van der Waals surface area (Å²) in [6.45, 7) is 0.333. The molecule has 25 heavy (non-hydrogen) atoms. The quantitative estimate of drug-likeness (QED) is 0.245. The standard InChI is InChI=1S/C16H13F5O4/c1-3-8(2)25-11(23)6-4-5-10(22)24-7-9-12(17)14(19)16(21)15(20)13(9)18/h1,8H,4-7H2,2H3.